The average Bonchev–Trinajstić information content (AvgIpc) is 3.63. The standard InChI is InChI=1S/C30H45N5O5Si.C26H37N5O6SSi.C5H12O/c1-10-23(11-2)40-29-33-27(34-35(29)20-38-14-15-41(7,8)9)25-13-12-22(17-31-25)24-18-32-26(16-21(24)3)39-19-30(4,5)28(36)37-6;1-18-13-22(37-16-26(2,3)24(32)35-4)28-15-20(18)19-9-10-21(27-14-19)23-29-25(38(5,33)34)31(30-23)17-36-11-12-39(6,7)8;1-3-5(6)4-2/h12-13,16-18,23H,10-11,14-15,19-20H2,1-9H3;9-10,13-15H,11-12,16-17H2,1-8H3;5-6H,3-4H2,1-2H3. The van der Waals surface area contributed by atoms with Gasteiger partial charge in [-0.1, -0.05) is 79.1 Å². The summed E-state index contributed by atoms with van der Waals surface area (Å²) in [5.74, 6) is 0.827. The van der Waals surface area contributed by atoms with Gasteiger partial charge in [-0.15, -0.1) is 10.2 Å². The number of ether oxygens (including phenoxy) is 7. The van der Waals surface area contributed by atoms with Gasteiger partial charge in [0.2, 0.25) is 38.4 Å². The van der Waals surface area contributed by atoms with Crippen molar-refractivity contribution in [2.24, 2.45) is 10.8 Å². The van der Waals surface area contributed by atoms with E-state index in [-0.39, 0.29) is 61.8 Å². The first kappa shape index (κ1) is 72.0. The molecule has 6 rings (SSSR count). The van der Waals surface area contributed by atoms with Crippen LogP contribution in [0.2, 0.25) is 51.4 Å². The molecular formula is C61H94N10O12SSi2. The normalized spacial score (nSPS) is 12.1. The van der Waals surface area contributed by atoms with Crippen molar-refractivity contribution in [3.8, 4) is 63.1 Å². The van der Waals surface area contributed by atoms with Crippen LogP contribution in [0.1, 0.15) is 92.2 Å². The minimum Gasteiger partial charge on any atom is -0.476 e. The Morgan fingerprint density at radius 1 is 0.616 bits per heavy atom. The van der Waals surface area contributed by atoms with Crippen LogP contribution in [0, 0.1) is 24.7 Å². The van der Waals surface area contributed by atoms with Crippen molar-refractivity contribution in [1.29, 1.82) is 0 Å². The second-order valence-electron chi connectivity index (χ2n) is 24.8. The van der Waals surface area contributed by atoms with E-state index in [1.165, 1.54) is 18.9 Å². The van der Waals surface area contributed by atoms with Crippen LogP contribution < -0.4 is 14.2 Å². The number of hydrogen-bond acceptors (Lipinski definition) is 20. The fourth-order valence-electron chi connectivity index (χ4n) is 7.73. The van der Waals surface area contributed by atoms with E-state index in [1.807, 2.05) is 52.0 Å². The van der Waals surface area contributed by atoms with E-state index in [1.54, 1.807) is 69.3 Å². The zero-order chi connectivity index (χ0) is 64.2. The average molecular weight is 1250 g/mol. The molecule has 0 radical (unpaired) electrons. The molecule has 0 aromatic carbocycles. The van der Waals surface area contributed by atoms with Gasteiger partial charge in [-0.05, 0) is 103 Å². The number of hydrogen-bond donors (Lipinski definition) is 1. The Balaban J connectivity index is 0.000000336. The fraction of sp³-hybridized carbons (Fsp3) is 0.574. The van der Waals surface area contributed by atoms with Gasteiger partial charge >= 0.3 is 17.9 Å². The molecule has 0 bridgehead atoms. The quantitative estimate of drug-likeness (QED) is 0.0260. The Kier molecular flexibility index (Phi) is 27.2. The highest BCUT2D eigenvalue weighted by atomic mass is 32.2. The summed E-state index contributed by atoms with van der Waals surface area (Å²) < 4.78 is 66.6. The SMILES string of the molecule is CCC(CC)Oc1nc(-c2ccc(-c3cnc(OCC(C)(C)C(=O)OC)cc3C)cn2)nn1COCC[Si](C)(C)C.CCC(O)CC.COC(=O)C(C)(C)COc1cc(C)c(-c2ccc(-c3nc(S(C)(=O)=O)n(COCC[Si](C)(C)C)n3)nc2)cn1. The van der Waals surface area contributed by atoms with Crippen LogP contribution in [0.3, 0.4) is 0 Å². The van der Waals surface area contributed by atoms with Crippen molar-refractivity contribution >= 4 is 37.9 Å². The van der Waals surface area contributed by atoms with Crippen LogP contribution >= 0.6 is 0 Å². The van der Waals surface area contributed by atoms with Crippen molar-refractivity contribution < 1.29 is 56.3 Å². The Labute approximate surface area is 511 Å². The monoisotopic (exact) mass is 1250 g/mol. The summed E-state index contributed by atoms with van der Waals surface area (Å²) in [6, 6.07) is 13.6. The summed E-state index contributed by atoms with van der Waals surface area (Å²) in [5.41, 5.74) is 4.85. The van der Waals surface area contributed by atoms with Gasteiger partial charge in [-0.25, -0.2) is 23.1 Å². The predicted octanol–water partition coefficient (Wildman–Crippen LogP) is 11.3. The predicted molar refractivity (Wildman–Crippen MR) is 338 cm³/mol. The molecule has 0 spiro atoms. The van der Waals surface area contributed by atoms with Gasteiger partial charge in [0.05, 0.1) is 31.2 Å². The molecule has 0 amide bonds. The molecule has 0 fully saturated rings. The van der Waals surface area contributed by atoms with E-state index in [0.29, 0.717) is 48.2 Å². The minimum atomic E-state index is -3.62. The largest absolute Gasteiger partial charge is 0.476 e. The molecule has 86 heavy (non-hydrogen) atoms. The van der Waals surface area contributed by atoms with Crippen LogP contribution in [0.15, 0.2) is 66.3 Å². The molecule has 6 aromatic rings. The minimum absolute atomic E-state index is 0.00589. The third-order valence-corrected chi connectivity index (χ3v) is 17.9. The molecule has 0 aliphatic heterocycles. The highest BCUT2D eigenvalue weighted by Crippen LogP contribution is 2.30. The number of aliphatic hydroxyl groups is 1. The second kappa shape index (κ2) is 32.5. The highest BCUT2D eigenvalue weighted by Gasteiger charge is 2.31. The van der Waals surface area contributed by atoms with E-state index in [2.05, 4.69) is 93.2 Å². The molecule has 474 valence electrons. The number of methoxy groups -OCH3 is 2. The maximum atomic E-state index is 12.3. The van der Waals surface area contributed by atoms with Crippen molar-refractivity contribution in [3.63, 3.8) is 0 Å². The molecule has 0 unspecified atom stereocenters. The van der Waals surface area contributed by atoms with Crippen molar-refractivity contribution in [2.75, 3.05) is 46.9 Å². The lowest BCUT2D eigenvalue weighted by Crippen LogP contribution is -2.32. The highest BCUT2D eigenvalue weighted by molar-refractivity contribution is 7.90. The maximum absolute atomic E-state index is 12.3. The van der Waals surface area contributed by atoms with Crippen LogP contribution in [0.4, 0.5) is 0 Å². The molecule has 1 N–H and O–H groups in total. The lowest BCUT2D eigenvalue weighted by molar-refractivity contribution is -0.153. The van der Waals surface area contributed by atoms with Gasteiger partial charge in [0.1, 0.15) is 44.2 Å². The molecule has 6 heterocycles. The summed E-state index contributed by atoms with van der Waals surface area (Å²) >= 11 is 0. The number of aromatic nitrogens is 10. The third kappa shape index (κ3) is 22.6. The van der Waals surface area contributed by atoms with Crippen LogP contribution in [-0.4, -0.2) is 150 Å². The van der Waals surface area contributed by atoms with Gasteiger partial charge in [0, 0.05) is 94.8 Å². The number of pyridine rings is 4. The zero-order valence-electron chi connectivity index (χ0n) is 54.2. The molecule has 0 atom stereocenters. The summed E-state index contributed by atoms with van der Waals surface area (Å²) in [7, 11) is -3.38. The topological polar surface area (TPSA) is 266 Å². The maximum Gasteiger partial charge on any atom is 0.317 e. The van der Waals surface area contributed by atoms with Crippen LogP contribution in [-0.2, 0) is 51.8 Å². The van der Waals surface area contributed by atoms with Gasteiger partial charge in [-0.3, -0.25) is 19.6 Å². The first-order valence-electron chi connectivity index (χ1n) is 29.2. The van der Waals surface area contributed by atoms with E-state index < -0.39 is 36.8 Å². The summed E-state index contributed by atoms with van der Waals surface area (Å²) in [4.78, 5) is 50.6. The Bertz CT molecular complexity index is 3210. The van der Waals surface area contributed by atoms with Crippen molar-refractivity contribution in [3.05, 3.63) is 72.3 Å². The van der Waals surface area contributed by atoms with Gasteiger partial charge in [-0.2, -0.15) is 14.6 Å². The number of esters is 2. The Morgan fingerprint density at radius 2 is 1.03 bits per heavy atom. The third-order valence-electron chi connectivity index (χ3n) is 13.6. The number of rotatable bonds is 29. The van der Waals surface area contributed by atoms with Crippen molar-refractivity contribution in [1.82, 2.24) is 49.5 Å². The molecule has 0 aliphatic carbocycles. The summed E-state index contributed by atoms with van der Waals surface area (Å²) in [6.45, 7) is 34.6. The van der Waals surface area contributed by atoms with E-state index in [4.69, 9.17) is 38.3 Å². The molecule has 25 heteroatoms. The number of carbonyl (C=O) groups excluding carboxylic acids is 2. The molecule has 6 aromatic heterocycles. The van der Waals surface area contributed by atoms with Gasteiger partial charge < -0.3 is 38.3 Å². The van der Waals surface area contributed by atoms with Gasteiger partial charge in [0.15, 0.2) is 0 Å². The molecule has 0 aliphatic rings. The van der Waals surface area contributed by atoms with Crippen LogP contribution in [0.5, 0.6) is 17.8 Å². The Morgan fingerprint density at radius 3 is 1.38 bits per heavy atom. The fourth-order valence-corrected chi connectivity index (χ4v) is 9.97. The van der Waals surface area contributed by atoms with Gasteiger partial charge in [0.25, 0.3) is 0 Å². The number of nitrogens with zero attached hydrogens (tertiary/aromatic N) is 10. The van der Waals surface area contributed by atoms with Crippen LogP contribution in [0.25, 0.3) is 45.3 Å². The lowest BCUT2D eigenvalue weighted by atomic mass is 9.95. The smallest absolute Gasteiger partial charge is 0.317 e. The van der Waals surface area contributed by atoms with E-state index in [0.717, 1.165) is 77.4 Å². The molecule has 0 saturated carbocycles. The number of sulfone groups is 1. The number of aryl methyl sites for hydroxylation is 2. The molecule has 0 saturated heterocycles. The lowest BCUT2D eigenvalue weighted by Gasteiger charge is -2.21. The Hall–Kier alpha value is -6.52. The number of aliphatic hydroxyl groups excluding tert-OH is 1. The molecule has 22 nitrogen and oxygen atoms in total. The summed E-state index contributed by atoms with van der Waals surface area (Å²) in [6.07, 6.45) is 11.5. The first-order valence-corrected chi connectivity index (χ1v) is 38.5. The first-order chi connectivity index (χ1) is 40.3. The zero-order valence-corrected chi connectivity index (χ0v) is 57.0. The summed E-state index contributed by atoms with van der Waals surface area (Å²) in [5, 5.41) is 17.5. The molecular weight excluding hydrogens is 1150 g/mol. The van der Waals surface area contributed by atoms with E-state index >= 15 is 0 Å². The van der Waals surface area contributed by atoms with E-state index in [9.17, 15) is 18.0 Å². The number of carbonyl (C=O) groups is 2. The van der Waals surface area contributed by atoms with Crippen molar-refractivity contribution in [2.45, 2.75) is 177 Å². The second-order valence-corrected chi connectivity index (χ2v) is 37.9.